The summed E-state index contributed by atoms with van der Waals surface area (Å²) in [5, 5.41) is 8.63. The second kappa shape index (κ2) is 9.41. The maximum atomic E-state index is 12.2. The van der Waals surface area contributed by atoms with E-state index in [4.69, 9.17) is 5.11 Å². The number of benzene rings is 1. The molecule has 1 fully saturated rings. The molecule has 1 aliphatic carbocycles. The lowest BCUT2D eigenvalue weighted by Crippen LogP contribution is -2.13. The van der Waals surface area contributed by atoms with E-state index in [0.29, 0.717) is 18.1 Å². The first-order valence-electron chi connectivity index (χ1n) is 9.06. The number of allylic oxidation sites excluding steroid dienone is 1. The molecule has 2 atom stereocenters. The Balaban J connectivity index is 1.81. The van der Waals surface area contributed by atoms with Crippen LogP contribution in [0.2, 0.25) is 0 Å². The van der Waals surface area contributed by atoms with Gasteiger partial charge < -0.3 is 5.11 Å². The Morgan fingerprint density at radius 2 is 1.96 bits per heavy atom. The lowest BCUT2D eigenvalue weighted by molar-refractivity contribution is -0.137. The standard InChI is InChI=1S/C21H28O3/c1-16-8-6-7-9-17(16)12-13-18-14-15-20(22)19(18)10-4-2-3-5-11-21(23)24/h6-9,12-13,18-19H,2-5,10-11,14-15H2,1H3,(H,23,24)/t18-,19+/m1/s1. The number of hydrogen-bond donors (Lipinski definition) is 1. The molecule has 1 aromatic carbocycles. The van der Waals surface area contributed by atoms with Gasteiger partial charge in [0.05, 0.1) is 0 Å². The molecule has 0 amide bonds. The van der Waals surface area contributed by atoms with Gasteiger partial charge in [-0.15, -0.1) is 0 Å². The minimum absolute atomic E-state index is 0.157. The zero-order valence-electron chi connectivity index (χ0n) is 14.5. The van der Waals surface area contributed by atoms with Gasteiger partial charge in [-0.1, -0.05) is 55.7 Å². The molecule has 2 rings (SSSR count). The van der Waals surface area contributed by atoms with E-state index in [0.717, 1.165) is 38.5 Å². The molecule has 0 heterocycles. The number of ketones is 1. The van der Waals surface area contributed by atoms with E-state index in [1.807, 2.05) is 12.1 Å². The first-order valence-corrected chi connectivity index (χ1v) is 9.06. The van der Waals surface area contributed by atoms with Gasteiger partial charge in [0.1, 0.15) is 5.78 Å². The number of aliphatic carboxylic acids is 1. The maximum absolute atomic E-state index is 12.2. The summed E-state index contributed by atoms with van der Waals surface area (Å²) < 4.78 is 0. The van der Waals surface area contributed by atoms with Crippen molar-refractivity contribution >= 4 is 17.8 Å². The van der Waals surface area contributed by atoms with Crippen molar-refractivity contribution in [1.82, 2.24) is 0 Å². The molecule has 1 saturated carbocycles. The molecule has 1 aromatic rings. The number of aryl methyl sites for hydroxylation is 1. The number of rotatable bonds is 9. The molecule has 3 heteroatoms. The van der Waals surface area contributed by atoms with Gasteiger partial charge in [-0.05, 0) is 43.2 Å². The molecule has 0 unspecified atom stereocenters. The van der Waals surface area contributed by atoms with Crippen LogP contribution < -0.4 is 0 Å². The van der Waals surface area contributed by atoms with Crippen LogP contribution in [0.15, 0.2) is 30.3 Å². The van der Waals surface area contributed by atoms with Gasteiger partial charge in [0.2, 0.25) is 0 Å². The summed E-state index contributed by atoms with van der Waals surface area (Å²) in [6, 6.07) is 8.30. The highest BCUT2D eigenvalue weighted by molar-refractivity contribution is 5.84. The Kier molecular flexibility index (Phi) is 7.23. The molecule has 24 heavy (non-hydrogen) atoms. The van der Waals surface area contributed by atoms with E-state index in [1.165, 1.54) is 11.1 Å². The number of carboxylic acids is 1. The van der Waals surface area contributed by atoms with E-state index in [2.05, 4.69) is 31.2 Å². The Morgan fingerprint density at radius 3 is 2.71 bits per heavy atom. The fraction of sp³-hybridized carbons (Fsp3) is 0.524. The van der Waals surface area contributed by atoms with Crippen molar-refractivity contribution in [3.63, 3.8) is 0 Å². The van der Waals surface area contributed by atoms with E-state index in [1.54, 1.807) is 0 Å². The van der Waals surface area contributed by atoms with Gasteiger partial charge in [-0.3, -0.25) is 9.59 Å². The number of carbonyl (C=O) groups is 2. The molecular weight excluding hydrogens is 300 g/mol. The van der Waals surface area contributed by atoms with Crippen molar-refractivity contribution in [3.8, 4) is 0 Å². The van der Waals surface area contributed by atoms with Gasteiger partial charge >= 0.3 is 5.97 Å². The first-order chi connectivity index (χ1) is 11.6. The Hall–Kier alpha value is -1.90. The molecule has 0 aromatic heterocycles. The molecule has 0 saturated heterocycles. The summed E-state index contributed by atoms with van der Waals surface area (Å²) in [7, 11) is 0. The second-order valence-corrected chi connectivity index (χ2v) is 6.84. The smallest absolute Gasteiger partial charge is 0.303 e. The van der Waals surface area contributed by atoms with E-state index < -0.39 is 5.97 Å². The Morgan fingerprint density at radius 1 is 1.21 bits per heavy atom. The van der Waals surface area contributed by atoms with E-state index in [9.17, 15) is 9.59 Å². The fourth-order valence-electron chi connectivity index (χ4n) is 3.53. The van der Waals surface area contributed by atoms with Crippen molar-refractivity contribution in [1.29, 1.82) is 0 Å². The first kappa shape index (κ1) is 18.4. The van der Waals surface area contributed by atoms with Crippen LogP contribution in [0.25, 0.3) is 6.08 Å². The zero-order chi connectivity index (χ0) is 17.4. The van der Waals surface area contributed by atoms with Crippen molar-refractivity contribution in [3.05, 3.63) is 41.5 Å². The lowest BCUT2D eigenvalue weighted by Gasteiger charge is -2.15. The number of hydrogen-bond acceptors (Lipinski definition) is 2. The van der Waals surface area contributed by atoms with Gasteiger partial charge in [0, 0.05) is 18.8 Å². The third-order valence-corrected chi connectivity index (χ3v) is 5.02. The topological polar surface area (TPSA) is 54.4 Å². The predicted octanol–water partition coefficient (Wildman–Crippen LogP) is 5.03. The summed E-state index contributed by atoms with van der Waals surface area (Å²) in [5.74, 6) is 0.197. The zero-order valence-corrected chi connectivity index (χ0v) is 14.5. The highest BCUT2D eigenvalue weighted by Gasteiger charge is 2.32. The van der Waals surface area contributed by atoms with Crippen LogP contribution >= 0.6 is 0 Å². The third-order valence-electron chi connectivity index (χ3n) is 5.02. The van der Waals surface area contributed by atoms with Crippen LogP contribution in [-0.4, -0.2) is 16.9 Å². The van der Waals surface area contributed by atoms with Crippen molar-refractivity contribution < 1.29 is 14.7 Å². The van der Waals surface area contributed by atoms with E-state index in [-0.39, 0.29) is 12.3 Å². The minimum atomic E-state index is -0.720. The molecule has 130 valence electrons. The quantitative estimate of drug-likeness (QED) is 0.647. The van der Waals surface area contributed by atoms with Gasteiger partial charge in [0.25, 0.3) is 0 Å². The highest BCUT2D eigenvalue weighted by atomic mass is 16.4. The third kappa shape index (κ3) is 5.63. The SMILES string of the molecule is Cc1ccccc1C=C[C@@H]1CCC(=O)[C@H]1CCCCCCC(=O)O. The van der Waals surface area contributed by atoms with Gasteiger partial charge in [-0.25, -0.2) is 0 Å². The number of carboxylic acid groups (broad SMARTS) is 1. The molecule has 0 spiro atoms. The fourth-order valence-corrected chi connectivity index (χ4v) is 3.53. The summed E-state index contributed by atoms with van der Waals surface area (Å²) in [5.41, 5.74) is 2.48. The molecule has 0 bridgehead atoms. The summed E-state index contributed by atoms with van der Waals surface area (Å²) in [4.78, 5) is 22.6. The van der Waals surface area contributed by atoms with Crippen LogP contribution in [0.4, 0.5) is 0 Å². The predicted molar refractivity (Wildman–Crippen MR) is 96.8 cm³/mol. The second-order valence-electron chi connectivity index (χ2n) is 6.84. The summed E-state index contributed by atoms with van der Waals surface area (Å²) >= 11 is 0. The average molecular weight is 328 g/mol. The monoisotopic (exact) mass is 328 g/mol. The van der Waals surface area contributed by atoms with Crippen LogP contribution in [-0.2, 0) is 9.59 Å². The number of unbranched alkanes of at least 4 members (excludes halogenated alkanes) is 3. The van der Waals surface area contributed by atoms with Crippen LogP contribution in [0, 0.1) is 18.8 Å². The molecule has 3 nitrogen and oxygen atoms in total. The maximum Gasteiger partial charge on any atom is 0.303 e. The largest absolute Gasteiger partial charge is 0.481 e. The van der Waals surface area contributed by atoms with Gasteiger partial charge in [-0.2, -0.15) is 0 Å². The van der Waals surface area contributed by atoms with E-state index >= 15 is 0 Å². The summed E-state index contributed by atoms with van der Waals surface area (Å²) in [6.45, 7) is 2.11. The molecule has 1 aliphatic rings. The normalized spacial score (nSPS) is 20.8. The van der Waals surface area contributed by atoms with Crippen molar-refractivity contribution in [2.45, 2.75) is 58.3 Å². The molecule has 0 radical (unpaired) electrons. The number of carbonyl (C=O) groups excluding carboxylic acids is 1. The molecular formula is C21H28O3. The van der Waals surface area contributed by atoms with Crippen LogP contribution in [0.3, 0.4) is 0 Å². The van der Waals surface area contributed by atoms with Gasteiger partial charge in [0.15, 0.2) is 0 Å². The minimum Gasteiger partial charge on any atom is -0.481 e. The van der Waals surface area contributed by atoms with Crippen molar-refractivity contribution in [2.75, 3.05) is 0 Å². The number of Topliss-reactive ketones (excluding diaryl/α,β-unsaturated/α-hetero) is 1. The Bertz CT molecular complexity index is 589. The van der Waals surface area contributed by atoms with Crippen molar-refractivity contribution in [2.24, 2.45) is 11.8 Å². The molecule has 0 aliphatic heterocycles. The average Bonchev–Trinajstić information content (AvgIpc) is 2.90. The van der Waals surface area contributed by atoms with Crippen LogP contribution in [0.5, 0.6) is 0 Å². The Labute approximate surface area is 144 Å². The highest BCUT2D eigenvalue weighted by Crippen LogP contribution is 2.34. The summed E-state index contributed by atoms with van der Waals surface area (Å²) in [6.07, 6.45) is 11.0. The lowest BCUT2D eigenvalue weighted by atomic mass is 9.89. The van der Waals surface area contributed by atoms with Crippen LogP contribution in [0.1, 0.15) is 62.5 Å². The molecule has 1 N–H and O–H groups in total.